The normalized spacial score (nSPS) is 42.4. The molecule has 0 spiro atoms. The monoisotopic (exact) mass is 248 g/mol. The summed E-state index contributed by atoms with van der Waals surface area (Å²) in [5.41, 5.74) is 0. The Labute approximate surface area is 101 Å². The molecule has 2 aliphatic rings. The van der Waals surface area contributed by atoms with Gasteiger partial charge in [0.15, 0.2) is 0 Å². The highest BCUT2D eigenvalue weighted by molar-refractivity contribution is 8.05. The third kappa shape index (κ3) is 3.29. The van der Waals surface area contributed by atoms with Gasteiger partial charge in [0.25, 0.3) is 0 Å². The van der Waals surface area contributed by atoms with E-state index in [-0.39, 0.29) is 9.87 Å². The SMILES string of the molecule is CCC(C)(CSC1(C)CO1)SC1(C)CO1. The van der Waals surface area contributed by atoms with Gasteiger partial charge in [0.05, 0.1) is 13.2 Å². The lowest BCUT2D eigenvalue weighted by atomic mass is 10.1. The molecule has 2 rings (SSSR count). The van der Waals surface area contributed by atoms with Crippen LogP contribution in [-0.4, -0.2) is 33.6 Å². The van der Waals surface area contributed by atoms with Crippen LogP contribution in [0.5, 0.6) is 0 Å². The lowest BCUT2D eigenvalue weighted by Gasteiger charge is -2.29. The summed E-state index contributed by atoms with van der Waals surface area (Å²) in [6.07, 6.45) is 1.18. The maximum Gasteiger partial charge on any atom is 0.134 e. The Morgan fingerprint density at radius 2 is 1.73 bits per heavy atom. The third-order valence-electron chi connectivity index (χ3n) is 2.99. The summed E-state index contributed by atoms with van der Waals surface area (Å²) >= 11 is 3.93. The first-order chi connectivity index (χ1) is 6.89. The molecule has 0 aromatic heterocycles. The van der Waals surface area contributed by atoms with E-state index in [0.717, 1.165) is 19.0 Å². The summed E-state index contributed by atoms with van der Waals surface area (Å²) in [6.45, 7) is 10.8. The van der Waals surface area contributed by atoms with Crippen LogP contribution in [0, 0.1) is 0 Å². The van der Waals surface area contributed by atoms with Crippen molar-refractivity contribution in [1.82, 2.24) is 0 Å². The van der Waals surface area contributed by atoms with E-state index in [2.05, 4.69) is 27.7 Å². The second kappa shape index (κ2) is 3.83. The third-order valence-corrected chi connectivity index (χ3v) is 6.40. The first-order valence-electron chi connectivity index (χ1n) is 5.51. The van der Waals surface area contributed by atoms with Gasteiger partial charge in [-0.3, -0.25) is 0 Å². The van der Waals surface area contributed by atoms with Gasteiger partial charge in [0.1, 0.15) is 9.87 Å². The summed E-state index contributed by atoms with van der Waals surface area (Å²) < 4.78 is 11.2. The maximum absolute atomic E-state index is 5.46. The highest BCUT2D eigenvalue weighted by Crippen LogP contribution is 2.50. The summed E-state index contributed by atoms with van der Waals surface area (Å²) in [5.74, 6) is 1.14. The lowest BCUT2D eigenvalue weighted by Crippen LogP contribution is -2.27. The van der Waals surface area contributed by atoms with Gasteiger partial charge >= 0.3 is 0 Å². The molecular formula is C11H20O2S2. The molecule has 4 heteroatoms. The Kier molecular flexibility index (Phi) is 3.08. The molecule has 0 N–H and O–H groups in total. The zero-order valence-corrected chi connectivity index (χ0v) is 11.6. The Balaban J connectivity index is 1.83. The number of rotatable bonds is 6. The number of ether oxygens (including phenoxy) is 2. The van der Waals surface area contributed by atoms with Gasteiger partial charge in [0.2, 0.25) is 0 Å². The lowest BCUT2D eigenvalue weighted by molar-refractivity contribution is 0.397. The maximum atomic E-state index is 5.46. The number of hydrogen-bond acceptors (Lipinski definition) is 4. The summed E-state index contributed by atoms with van der Waals surface area (Å²) in [6, 6.07) is 0. The second-order valence-electron chi connectivity index (χ2n) is 5.04. The minimum atomic E-state index is 0.0939. The van der Waals surface area contributed by atoms with Crippen molar-refractivity contribution in [3.8, 4) is 0 Å². The van der Waals surface area contributed by atoms with E-state index in [4.69, 9.17) is 9.47 Å². The van der Waals surface area contributed by atoms with Gasteiger partial charge in [-0.15, -0.1) is 23.5 Å². The molecular weight excluding hydrogens is 228 g/mol. The molecule has 0 aromatic rings. The van der Waals surface area contributed by atoms with Gasteiger partial charge in [-0.05, 0) is 27.2 Å². The summed E-state index contributed by atoms with van der Waals surface area (Å²) in [4.78, 5) is 0.207. The fourth-order valence-electron chi connectivity index (χ4n) is 1.38. The predicted molar refractivity (Wildman–Crippen MR) is 67.5 cm³/mol. The van der Waals surface area contributed by atoms with Crippen molar-refractivity contribution in [1.29, 1.82) is 0 Å². The molecule has 0 saturated carbocycles. The van der Waals surface area contributed by atoms with Gasteiger partial charge < -0.3 is 9.47 Å². The van der Waals surface area contributed by atoms with E-state index in [1.165, 1.54) is 6.42 Å². The van der Waals surface area contributed by atoms with Crippen molar-refractivity contribution >= 4 is 23.5 Å². The molecule has 2 fully saturated rings. The van der Waals surface area contributed by atoms with E-state index < -0.39 is 0 Å². The average molecular weight is 248 g/mol. The van der Waals surface area contributed by atoms with Crippen LogP contribution in [0.3, 0.4) is 0 Å². The van der Waals surface area contributed by atoms with Crippen molar-refractivity contribution in [2.24, 2.45) is 0 Å². The van der Waals surface area contributed by atoms with E-state index in [1.807, 2.05) is 23.5 Å². The molecule has 0 bridgehead atoms. The minimum absolute atomic E-state index is 0.0939. The van der Waals surface area contributed by atoms with Crippen LogP contribution in [0.1, 0.15) is 34.1 Å². The van der Waals surface area contributed by atoms with Gasteiger partial charge in [0, 0.05) is 10.5 Å². The fourth-order valence-corrected chi connectivity index (χ4v) is 4.19. The molecule has 2 aliphatic heterocycles. The van der Waals surface area contributed by atoms with Crippen molar-refractivity contribution in [2.75, 3.05) is 19.0 Å². The van der Waals surface area contributed by atoms with Gasteiger partial charge in [-0.1, -0.05) is 6.92 Å². The van der Waals surface area contributed by atoms with E-state index >= 15 is 0 Å². The summed E-state index contributed by atoms with van der Waals surface area (Å²) in [5, 5.41) is 0. The van der Waals surface area contributed by atoms with Crippen molar-refractivity contribution in [3.05, 3.63) is 0 Å². The van der Waals surface area contributed by atoms with Crippen molar-refractivity contribution < 1.29 is 9.47 Å². The van der Waals surface area contributed by atoms with Crippen LogP contribution in [0.2, 0.25) is 0 Å². The minimum Gasteiger partial charge on any atom is -0.358 e. The number of hydrogen-bond donors (Lipinski definition) is 0. The van der Waals surface area contributed by atoms with Crippen LogP contribution < -0.4 is 0 Å². The zero-order chi connectivity index (χ0) is 11.2. The number of epoxide rings is 2. The Bertz CT molecular complexity index is 249. The first kappa shape index (κ1) is 12.1. The summed E-state index contributed by atoms with van der Waals surface area (Å²) in [7, 11) is 0. The first-order valence-corrected chi connectivity index (χ1v) is 7.31. The second-order valence-corrected chi connectivity index (χ2v) is 8.53. The molecule has 0 aliphatic carbocycles. The topological polar surface area (TPSA) is 25.1 Å². The Morgan fingerprint density at radius 1 is 1.20 bits per heavy atom. The Hall–Kier alpha value is 0.620. The van der Waals surface area contributed by atoms with Crippen LogP contribution in [0.15, 0.2) is 0 Å². The highest BCUT2D eigenvalue weighted by atomic mass is 32.2. The van der Waals surface area contributed by atoms with Crippen molar-refractivity contribution in [2.45, 2.75) is 48.7 Å². The largest absolute Gasteiger partial charge is 0.358 e. The quantitative estimate of drug-likeness (QED) is 0.674. The molecule has 88 valence electrons. The fraction of sp³-hybridized carbons (Fsp3) is 1.00. The van der Waals surface area contributed by atoms with Gasteiger partial charge in [-0.25, -0.2) is 0 Å². The predicted octanol–water partition coefficient (Wildman–Crippen LogP) is 3.11. The zero-order valence-electron chi connectivity index (χ0n) is 9.96. The molecule has 15 heavy (non-hydrogen) atoms. The average Bonchev–Trinajstić information content (AvgIpc) is 3.06. The standard InChI is InChI=1S/C11H20O2S2/c1-5-9(2,15-11(4)7-13-11)8-14-10(3)6-12-10/h5-8H2,1-4H3. The molecule has 3 unspecified atom stereocenters. The van der Waals surface area contributed by atoms with E-state index in [9.17, 15) is 0 Å². The van der Waals surface area contributed by atoms with Crippen LogP contribution in [0.4, 0.5) is 0 Å². The highest BCUT2D eigenvalue weighted by Gasteiger charge is 2.47. The van der Waals surface area contributed by atoms with E-state index in [0.29, 0.717) is 4.75 Å². The van der Waals surface area contributed by atoms with Crippen LogP contribution in [0.25, 0.3) is 0 Å². The molecule has 2 nitrogen and oxygen atoms in total. The van der Waals surface area contributed by atoms with Crippen molar-refractivity contribution in [3.63, 3.8) is 0 Å². The van der Waals surface area contributed by atoms with Gasteiger partial charge in [-0.2, -0.15) is 0 Å². The molecule has 0 amide bonds. The molecule has 3 atom stereocenters. The molecule has 2 saturated heterocycles. The number of thioether (sulfide) groups is 2. The molecule has 0 radical (unpaired) electrons. The van der Waals surface area contributed by atoms with Crippen LogP contribution in [-0.2, 0) is 9.47 Å². The molecule has 2 heterocycles. The van der Waals surface area contributed by atoms with Crippen LogP contribution >= 0.6 is 23.5 Å². The van der Waals surface area contributed by atoms with E-state index in [1.54, 1.807) is 0 Å². The Morgan fingerprint density at radius 3 is 2.13 bits per heavy atom. The smallest absolute Gasteiger partial charge is 0.134 e. The molecule has 0 aromatic carbocycles.